The Labute approximate surface area is 101 Å². The Bertz CT molecular complexity index is 406. The van der Waals surface area contributed by atoms with Gasteiger partial charge < -0.3 is 15.8 Å². The number of ether oxygens (including phenoxy) is 1. The van der Waals surface area contributed by atoms with E-state index in [2.05, 4.69) is 11.4 Å². The van der Waals surface area contributed by atoms with Crippen LogP contribution in [0, 0.1) is 0 Å². The Morgan fingerprint density at radius 1 is 1.53 bits per heavy atom. The third-order valence-electron chi connectivity index (χ3n) is 3.17. The van der Waals surface area contributed by atoms with Crippen LogP contribution < -0.4 is 11.1 Å². The molecule has 1 aromatic carbocycles. The number of rotatable bonds is 4. The summed E-state index contributed by atoms with van der Waals surface area (Å²) in [5, 5.41) is 2.97. The van der Waals surface area contributed by atoms with Crippen molar-refractivity contribution in [1.29, 1.82) is 0 Å². The van der Waals surface area contributed by atoms with E-state index in [0.717, 1.165) is 12.0 Å². The van der Waals surface area contributed by atoms with Crippen molar-refractivity contribution < 1.29 is 9.53 Å². The fourth-order valence-electron chi connectivity index (χ4n) is 2.24. The lowest BCUT2D eigenvalue weighted by Crippen LogP contribution is -2.40. The van der Waals surface area contributed by atoms with Crippen molar-refractivity contribution in [1.82, 2.24) is 5.32 Å². The average Bonchev–Trinajstić information content (AvgIpc) is 2.64. The van der Waals surface area contributed by atoms with E-state index in [1.807, 2.05) is 18.2 Å². The normalized spacial score (nSPS) is 22.2. The average molecular weight is 234 g/mol. The van der Waals surface area contributed by atoms with E-state index in [1.54, 1.807) is 7.11 Å². The molecule has 3 N–H and O–H groups in total. The van der Waals surface area contributed by atoms with E-state index in [-0.39, 0.29) is 18.0 Å². The number of fused-ring (bicyclic) bond motifs is 1. The second kappa shape index (κ2) is 5.29. The molecule has 4 heteroatoms. The van der Waals surface area contributed by atoms with Crippen molar-refractivity contribution in [2.45, 2.75) is 24.9 Å². The molecule has 0 aromatic heterocycles. The Kier molecular flexibility index (Phi) is 3.76. The first-order valence-corrected chi connectivity index (χ1v) is 5.84. The van der Waals surface area contributed by atoms with E-state index in [9.17, 15) is 4.79 Å². The molecule has 1 aliphatic rings. The molecule has 1 amide bonds. The van der Waals surface area contributed by atoms with E-state index in [1.165, 1.54) is 5.56 Å². The van der Waals surface area contributed by atoms with Gasteiger partial charge >= 0.3 is 0 Å². The zero-order valence-electron chi connectivity index (χ0n) is 9.98. The van der Waals surface area contributed by atoms with Crippen LogP contribution in [0.4, 0.5) is 0 Å². The summed E-state index contributed by atoms with van der Waals surface area (Å²) >= 11 is 0. The minimum Gasteiger partial charge on any atom is -0.384 e. The second-order valence-corrected chi connectivity index (χ2v) is 4.35. The summed E-state index contributed by atoms with van der Waals surface area (Å²) in [5.41, 5.74) is 8.50. The molecule has 0 aliphatic heterocycles. The summed E-state index contributed by atoms with van der Waals surface area (Å²) < 4.78 is 4.87. The predicted molar refractivity (Wildman–Crippen MR) is 65.5 cm³/mol. The zero-order valence-corrected chi connectivity index (χ0v) is 9.98. The minimum atomic E-state index is -0.0994. The van der Waals surface area contributed by atoms with E-state index >= 15 is 0 Å². The number of hydrogen-bond donors (Lipinski definition) is 2. The SMILES string of the molecule is COCCC(=O)N[C@H]1Cc2ccccc2[C@@H]1N. The molecular formula is C13H18N2O2. The van der Waals surface area contributed by atoms with Crippen LogP contribution in [0.1, 0.15) is 23.6 Å². The van der Waals surface area contributed by atoms with Gasteiger partial charge in [0, 0.05) is 13.5 Å². The highest BCUT2D eigenvalue weighted by Gasteiger charge is 2.30. The number of nitrogens with two attached hydrogens (primary N) is 1. The van der Waals surface area contributed by atoms with E-state index < -0.39 is 0 Å². The second-order valence-electron chi connectivity index (χ2n) is 4.35. The van der Waals surface area contributed by atoms with Gasteiger partial charge in [-0.3, -0.25) is 4.79 Å². The Balaban J connectivity index is 1.96. The number of benzene rings is 1. The lowest BCUT2D eigenvalue weighted by molar-refractivity contribution is -0.122. The van der Waals surface area contributed by atoms with Crippen LogP contribution in [0.25, 0.3) is 0 Å². The summed E-state index contributed by atoms with van der Waals surface area (Å²) in [6, 6.07) is 7.99. The van der Waals surface area contributed by atoms with E-state index in [0.29, 0.717) is 13.0 Å². The van der Waals surface area contributed by atoms with Crippen LogP contribution in [0.15, 0.2) is 24.3 Å². The third-order valence-corrected chi connectivity index (χ3v) is 3.17. The number of hydrogen-bond acceptors (Lipinski definition) is 3. The number of carbonyl (C=O) groups excluding carboxylic acids is 1. The predicted octanol–water partition coefficient (Wildman–Crippen LogP) is 0.764. The highest BCUT2D eigenvalue weighted by Crippen LogP contribution is 2.29. The topological polar surface area (TPSA) is 64.3 Å². The van der Waals surface area contributed by atoms with Crippen LogP contribution in [0.5, 0.6) is 0 Å². The summed E-state index contributed by atoms with van der Waals surface area (Å²) in [6.45, 7) is 0.445. The monoisotopic (exact) mass is 234 g/mol. The molecule has 92 valence electrons. The van der Waals surface area contributed by atoms with Crippen molar-refractivity contribution in [3.63, 3.8) is 0 Å². The van der Waals surface area contributed by atoms with Crippen molar-refractivity contribution in [3.05, 3.63) is 35.4 Å². The largest absolute Gasteiger partial charge is 0.384 e. The smallest absolute Gasteiger partial charge is 0.222 e. The van der Waals surface area contributed by atoms with Gasteiger partial charge in [-0.05, 0) is 17.5 Å². The van der Waals surface area contributed by atoms with Crippen LogP contribution in [0.2, 0.25) is 0 Å². The molecule has 0 saturated heterocycles. The first kappa shape index (κ1) is 12.1. The van der Waals surface area contributed by atoms with E-state index in [4.69, 9.17) is 10.5 Å². The Morgan fingerprint density at radius 3 is 3.00 bits per heavy atom. The Morgan fingerprint density at radius 2 is 2.29 bits per heavy atom. The number of amides is 1. The standard InChI is InChI=1S/C13H18N2O2/c1-17-7-6-12(16)15-11-8-9-4-2-3-5-10(9)13(11)14/h2-5,11,13H,6-8,14H2,1H3,(H,15,16)/t11-,13-/m0/s1. The van der Waals surface area contributed by atoms with Gasteiger partial charge in [0.2, 0.25) is 5.91 Å². The molecule has 0 fully saturated rings. The minimum absolute atomic E-state index is 0.0000983. The van der Waals surface area contributed by atoms with Crippen LogP contribution in [0.3, 0.4) is 0 Å². The molecule has 0 radical (unpaired) electrons. The molecule has 17 heavy (non-hydrogen) atoms. The summed E-state index contributed by atoms with van der Waals surface area (Å²) in [5.74, 6) is 0.0000983. The van der Waals surface area contributed by atoms with Gasteiger partial charge in [-0.15, -0.1) is 0 Å². The van der Waals surface area contributed by atoms with Crippen molar-refractivity contribution >= 4 is 5.91 Å². The highest BCUT2D eigenvalue weighted by atomic mass is 16.5. The van der Waals surface area contributed by atoms with Crippen LogP contribution in [-0.2, 0) is 16.0 Å². The van der Waals surface area contributed by atoms with Gasteiger partial charge in [-0.25, -0.2) is 0 Å². The number of nitrogens with one attached hydrogen (secondary N) is 1. The molecule has 4 nitrogen and oxygen atoms in total. The van der Waals surface area contributed by atoms with Crippen molar-refractivity contribution in [3.8, 4) is 0 Å². The summed E-state index contributed by atoms with van der Waals surface area (Å²) in [6.07, 6.45) is 1.20. The van der Waals surface area contributed by atoms with Crippen molar-refractivity contribution in [2.24, 2.45) is 5.73 Å². The van der Waals surface area contributed by atoms with Gasteiger partial charge in [-0.2, -0.15) is 0 Å². The van der Waals surface area contributed by atoms with Gasteiger partial charge in [0.25, 0.3) is 0 Å². The van der Waals surface area contributed by atoms with Crippen LogP contribution in [-0.4, -0.2) is 25.7 Å². The quantitative estimate of drug-likeness (QED) is 0.808. The Hall–Kier alpha value is -1.39. The first-order chi connectivity index (χ1) is 8.22. The fraction of sp³-hybridized carbons (Fsp3) is 0.462. The third kappa shape index (κ3) is 2.65. The maximum absolute atomic E-state index is 11.6. The fourth-order valence-corrected chi connectivity index (χ4v) is 2.24. The molecule has 0 heterocycles. The molecular weight excluding hydrogens is 216 g/mol. The maximum atomic E-state index is 11.6. The summed E-state index contributed by atoms with van der Waals surface area (Å²) in [4.78, 5) is 11.6. The molecule has 1 aromatic rings. The molecule has 1 aliphatic carbocycles. The van der Waals surface area contributed by atoms with Gasteiger partial charge in [0.15, 0.2) is 0 Å². The molecule has 0 saturated carbocycles. The highest BCUT2D eigenvalue weighted by molar-refractivity contribution is 5.76. The number of carbonyl (C=O) groups is 1. The van der Waals surface area contributed by atoms with Crippen LogP contribution >= 0.6 is 0 Å². The van der Waals surface area contributed by atoms with Gasteiger partial charge in [0.1, 0.15) is 0 Å². The molecule has 0 bridgehead atoms. The zero-order chi connectivity index (χ0) is 12.3. The maximum Gasteiger partial charge on any atom is 0.222 e. The lowest BCUT2D eigenvalue weighted by Gasteiger charge is -2.17. The molecule has 2 rings (SSSR count). The van der Waals surface area contributed by atoms with Crippen molar-refractivity contribution in [2.75, 3.05) is 13.7 Å². The molecule has 2 atom stereocenters. The molecule has 0 spiro atoms. The van der Waals surface area contributed by atoms with Gasteiger partial charge in [0.05, 0.1) is 18.7 Å². The molecule has 0 unspecified atom stereocenters. The number of methoxy groups -OCH3 is 1. The summed E-state index contributed by atoms with van der Waals surface area (Å²) in [7, 11) is 1.59. The first-order valence-electron chi connectivity index (χ1n) is 5.84. The van der Waals surface area contributed by atoms with Gasteiger partial charge in [-0.1, -0.05) is 24.3 Å². The lowest BCUT2D eigenvalue weighted by atomic mass is 10.1.